The minimum atomic E-state index is -4.71. The van der Waals surface area contributed by atoms with Crippen LogP contribution in [-0.4, -0.2) is 4.98 Å². The van der Waals surface area contributed by atoms with E-state index in [1.165, 1.54) is 0 Å². The first-order valence-electron chi connectivity index (χ1n) is 3.76. The van der Waals surface area contributed by atoms with Gasteiger partial charge in [-0.1, -0.05) is 15.9 Å². The summed E-state index contributed by atoms with van der Waals surface area (Å²) >= 11 is 2.87. The highest BCUT2D eigenvalue weighted by Crippen LogP contribution is 2.31. The highest BCUT2D eigenvalue weighted by Gasteiger charge is 2.33. The Morgan fingerprint density at radius 1 is 1.27 bits per heavy atom. The van der Waals surface area contributed by atoms with E-state index < -0.39 is 23.9 Å². The Morgan fingerprint density at radius 2 is 1.87 bits per heavy atom. The second kappa shape index (κ2) is 4.42. The molecule has 0 unspecified atom stereocenters. The fourth-order valence-corrected chi connectivity index (χ4v) is 1.24. The number of rotatable bonds is 2. The van der Waals surface area contributed by atoms with E-state index in [1.54, 1.807) is 0 Å². The Kier molecular flexibility index (Phi) is 3.64. The van der Waals surface area contributed by atoms with Gasteiger partial charge in [0.05, 0.1) is 5.69 Å². The number of aromatic nitrogens is 1. The molecular weight excluding hydrogens is 285 g/mol. The first kappa shape index (κ1) is 12.4. The molecule has 1 rings (SSSR count). The predicted molar refractivity (Wildman–Crippen MR) is 46.8 cm³/mol. The van der Waals surface area contributed by atoms with E-state index in [9.17, 15) is 22.0 Å². The topological polar surface area (TPSA) is 12.9 Å². The molecule has 0 aromatic carbocycles. The quantitative estimate of drug-likeness (QED) is 0.594. The molecule has 0 fully saturated rings. The molecule has 7 heteroatoms. The Labute approximate surface area is 90.4 Å². The number of alkyl halides is 6. The van der Waals surface area contributed by atoms with E-state index in [4.69, 9.17) is 0 Å². The lowest BCUT2D eigenvalue weighted by molar-refractivity contribution is -0.141. The molecular formula is C8H5BrF5N. The molecule has 0 N–H and O–H groups in total. The minimum Gasteiger partial charge on any atom is -0.247 e. The maximum atomic E-state index is 12.2. The standard InChI is InChI=1S/C8H5BrF5N/c9-3-5-1-4(7(10)11)2-6(15-5)8(12,13)14/h1-2,7H,3H2. The van der Waals surface area contributed by atoms with Crippen LogP contribution < -0.4 is 0 Å². The fraction of sp³-hybridized carbons (Fsp3) is 0.375. The van der Waals surface area contributed by atoms with Gasteiger partial charge in [0.15, 0.2) is 0 Å². The Balaban J connectivity index is 3.23. The molecule has 0 spiro atoms. The summed E-state index contributed by atoms with van der Waals surface area (Å²) in [5, 5.41) is -0.00333. The summed E-state index contributed by atoms with van der Waals surface area (Å²) in [6, 6.07) is 1.30. The third-order valence-corrected chi connectivity index (χ3v) is 2.15. The van der Waals surface area contributed by atoms with E-state index in [0.29, 0.717) is 6.07 Å². The van der Waals surface area contributed by atoms with Gasteiger partial charge in [0.2, 0.25) is 0 Å². The van der Waals surface area contributed by atoms with E-state index in [-0.39, 0.29) is 11.0 Å². The van der Waals surface area contributed by atoms with Crippen LogP contribution in [0.4, 0.5) is 22.0 Å². The summed E-state index contributed by atoms with van der Waals surface area (Å²) in [6.07, 6.45) is -7.64. The molecule has 0 aliphatic heterocycles. The average molecular weight is 290 g/mol. The van der Waals surface area contributed by atoms with Gasteiger partial charge in [-0.05, 0) is 12.1 Å². The second-order valence-electron chi connectivity index (χ2n) is 2.71. The van der Waals surface area contributed by atoms with Crippen molar-refractivity contribution in [3.63, 3.8) is 0 Å². The van der Waals surface area contributed by atoms with E-state index in [1.807, 2.05) is 0 Å². The lowest BCUT2D eigenvalue weighted by Gasteiger charge is -2.09. The number of halogens is 6. The third-order valence-electron chi connectivity index (χ3n) is 1.58. The maximum absolute atomic E-state index is 12.2. The first-order chi connectivity index (χ1) is 6.84. The third kappa shape index (κ3) is 3.12. The van der Waals surface area contributed by atoms with Crippen molar-refractivity contribution in [1.82, 2.24) is 4.98 Å². The van der Waals surface area contributed by atoms with Crippen LogP contribution in [0.5, 0.6) is 0 Å². The molecule has 15 heavy (non-hydrogen) atoms. The molecule has 1 nitrogen and oxygen atoms in total. The molecule has 0 aliphatic carbocycles. The summed E-state index contributed by atoms with van der Waals surface area (Å²) < 4.78 is 61.2. The van der Waals surface area contributed by atoms with Gasteiger partial charge in [0.1, 0.15) is 5.69 Å². The summed E-state index contributed by atoms with van der Waals surface area (Å²) in [5.41, 5.74) is -2.04. The summed E-state index contributed by atoms with van der Waals surface area (Å²) in [6.45, 7) is 0. The zero-order valence-electron chi connectivity index (χ0n) is 7.15. The van der Waals surface area contributed by atoms with Crippen LogP contribution in [0.25, 0.3) is 0 Å². The highest BCUT2D eigenvalue weighted by molar-refractivity contribution is 9.08. The van der Waals surface area contributed by atoms with Crippen LogP contribution in [0.1, 0.15) is 23.4 Å². The molecule has 1 heterocycles. The molecule has 0 bridgehead atoms. The molecule has 1 aromatic rings. The largest absolute Gasteiger partial charge is 0.433 e. The van der Waals surface area contributed by atoms with Crippen molar-refractivity contribution in [3.8, 4) is 0 Å². The van der Waals surface area contributed by atoms with Crippen molar-refractivity contribution < 1.29 is 22.0 Å². The van der Waals surface area contributed by atoms with Gasteiger partial charge in [-0.2, -0.15) is 13.2 Å². The summed E-state index contributed by atoms with van der Waals surface area (Å²) in [4.78, 5) is 3.20. The highest BCUT2D eigenvalue weighted by atomic mass is 79.9. The van der Waals surface area contributed by atoms with Crippen molar-refractivity contribution >= 4 is 15.9 Å². The zero-order chi connectivity index (χ0) is 11.6. The molecule has 0 atom stereocenters. The summed E-state index contributed by atoms with van der Waals surface area (Å²) in [5.74, 6) is 0. The van der Waals surface area contributed by atoms with Crippen molar-refractivity contribution in [2.75, 3.05) is 0 Å². The van der Waals surface area contributed by atoms with Crippen LogP contribution >= 0.6 is 15.9 Å². The molecule has 0 saturated heterocycles. The maximum Gasteiger partial charge on any atom is 0.433 e. The van der Waals surface area contributed by atoms with Gasteiger partial charge >= 0.3 is 6.18 Å². The van der Waals surface area contributed by atoms with E-state index in [2.05, 4.69) is 20.9 Å². The van der Waals surface area contributed by atoms with Gasteiger partial charge in [0, 0.05) is 10.9 Å². The molecule has 0 amide bonds. The lowest BCUT2D eigenvalue weighted by Crippen LogP contribution is -2.10. The van der Waals surface area contributed by atoms with Gasteiger partial charge in [-0.25, -0.2) is 13.8 Å². The fourth-order valence-electron chi connectivity index (χ4n) is 0.951. The number of pyridine rings is 1. The van der Waals surface area contributed by atoms with Crippen LogP contribution in [0.2, 0.25) is 0 Å². The van der Waals surface area contributed by atoms with Crippen molar-refractivity contribution in [2.24, 2.45) is 0 Å². The molecule has 0 aliphatic rings. The van der Waals surface area contributed by atoms with E-state index >= 15 is 0 Å². The Morgan fingerprint density at radius 3 is 2.27 bits per heavy atom. The minimum absolute atomic E-state index is 0.00333. The SMILES string of the molecule is FC(F)c1cc(CBr)nc(C(F)(F)F)c1. The van der Waals surface area contributed by atoms with Crippen molar-refractivity contribution in [2.45, 2.75) is 17.9 Å². The van der Waals surface area contributed by atoms with Crippen LogP contribution in [0.15, 0.2) is 12.1 Å². The monoisotopic (exact) mass is 289 g/mol. The normalized spacial score (nSPS) is 12.2. The molecule has 1 aromatic heterocycles. The smallest absolute Gasteiger partial charge is 0.247 e. The van der Waals surface area contributed by atoms with E-state index in [0.717, 1.165) is 6.07 Å². The number of hydrogen-bond acceptors (Lipinski definition) is 1. The van der Waals surface area contributed by atoms with Crippen molar-refractivity contribution in [3.05, 3.63) is 29.1 Å². The van der Waals surface area contributed by atoms with Crippen molar-refractivity contribution in [1.29, 1.82) is 0 Å². The van der Waals surface area contributed by atoms with Gasteiger partial charge < -0.3 is 0 Å². The molecule has 0 radical (unpaired) electrons. The average Bonchev–Trinajstić information content (AvgIpc) is 2.15. The second-order valence-corrected chi connectivity index (χ2v) is 3.27. The predicted octanol–water partition coefficient (Wildman–Crippen LogP) is 3.93. The van der Waals surface area contributed by atoms with Crippen LogP contribution in [-0.2, 0) is 11.5 Å². The molecule has 84 valence electrons. The lowest BCUT2D eigenvalue weighted by atomic mass is 10.2. The van der Waals surface area contributed by atoms with Gasteiger partial charge in [-0.15, -0.1) is 0 Å². The number of hydrogen-bond donors (Lipinski definition) is 0. The Hall–Kier alpha value is -0.720. The first-order valence-corrected chi connectivity index (χ1v) is 4.89. The zero-order valence-corrected chi connectivity index (χ0v) is 8.74. The van der Waals surface area contributed by atoms with Gasteiger partial charge in [-0.3, -0.25) is 0 Å². The van der Waals surface area contributed by atoms with Crippen LogP contribution in [0.3, 0.4) is 0 Å². The molecule has 0 saturated carbocycles. The summed E-state index contributed by atoms with van der Waals surface area (Å²) in [7, 11) is 0. The van der Waals surface area contributed by atoms with Crippen LogP contribution in [0, 0.1) is 0 Å². The van der Waals surface area contributed by atoms with Gasteiger partial charge in [0.25, 0.3) is 6.43 Å². The Bertz CT molecular complexity index is 349. The number of nitrogens with zero attached hydrogens (tertiary/aromatic N) is 1.